The first-order valence-corrected chi connectivity index (χ1v) is 6.71. The molecule has 1 heterocycles. The standard InChI is InChI=1S/C13H18Cl2N2/c1-9-2-13(16)8-17(6-9)7-10-3-11(14)5-12(15)4-10/h3-5,9,13H,2,6-8,16H2,1H3. The Morgan fingerprint density at radius 1 is 1.24 bits per heavy atom. The fraction of sp³-hybridized carbons (Fsp3) is 0.538. The Labute approximate surface area is 113 Å². The van der Waals surface area contributed by atoms with E-state index in [1.807, 2.05) is 12.1 Å². The minimum atomic E-state index is 0.286. The maximum atomic E-state index is 6.04. The van der Waals surface area contributed by atoms with Crippen molar-refractivity contribution in [3.05, 3.63) is 33.8 Å². The summed E-state index contributed by atoms with van der Waals surface area (Å²) in [5.41, 5.74) is 7.19. The number of piperidine rings is 1. The van der Waals surface area contributed by atoms with Gasteiger partial charge in [-0.05, 0) is 36.1 Å². The minimum Gasteiger partial charge on any atom is -0.327 e. The maximum absolute atomic E-state index is 6.04. The molecule has 2 nitrogen and oxygen atoms in total. The molecule has 0 radical (unpaired) electrons. The molecule has 0 aliphatic carbocycles. The Hall–Kier alpha value is -0.280. The van der Waals surface area contributed by atoms with Crippen molar-refractivity contribution in [1.29, 1.82) is 0 Å². The van der Waals surface area contributed by atoms with Crippen LogP contribution in [0.25, 0.3) is 0 Å². The van der Waals surface area contributed by atoms with Gasteiger partial charge in [-0.1, -0.05) is 30.1 Å². The molecule has 0 spiro atoms. The van der Waals surface area contributed by atoms with Crippen LogP contribution in [0.5, 0.6) is 0 Å². The molecule has 0 amide bonds. The van der Waals surface area contributed by atoms with Crippen molar-refractivity contribution in [2.45, 2.75) is 25.9 Å². The van der Waals surface area contributed by atoms with Crippen LogP contribution >= 0.6 is 23.2 Å². The van der Waals surface area contributed by atoms with Gasteiger partial charge in [-0.15, -0.1) is 0 Å². The summed E-state index contributed by atoms with van der Waals surface area (Å²) in [7, 11) is 0. The van der Waals surface area contributed by atoms with Crippen LogP contribution in [0.2, 0.25) is 10.0 Å². The molecule has 1 saturated heterocycles. The summed E-state index contributed by atoms with van der Waals surface area (Å²) < 4.78 is 0. The highest BCUT2D eigenvalue weighted by atomic mass is 35.5. The minimum absolute atomic E-state index is 0.286. The topological polar surface area (TPSA) is 29.3 Å². The molecule has 2 rings (SSSR count). The van der Waals surface area contributed by atoms with Crippen molar-refractivity contribution in [2.75, 3.05) is 13.1 Å². The molecule has 1 fully saturated rings. The van der Waals surface area contributed by atoms with Gasteiger partial charge in [-0.2, -0.15) is 0 Å². The maximum Gasteiger partial charge on any atom is 0.0424 e. The summed E-state index contributed by atoms with van der Waals surface area (Å²) in [6, 6.07) is 5.99. The molecule has 0 bridgehead atoms. The molecule has 2 unspecified atom stereocenters. The highest BCUT2D eigenvalue weighted by molar-refractivity contribution is 6.34. The lowest BCUT2D eigenvalue weighted by Gasteiger charge is -2.34. The zero-order valence-electron chi connectivity index (χ0n) is 10.00. The normalized spacial score (nSPS) is 26.1. The molecular formula is C13H18Cl2N2. The first-order chi connectivity index (χ1) is 8.02. The van der Waals surface area contributed by atoms with E-state index in [2.05, 4.69) is 11.8 Å². The highest BCUT2D eigenvalue weighted by Crippen LogP contribution is 2.22. The van der Waals surface area contributed by atoms with Gasteiger partial charge in [0.05, 0.1) is 0 Å². The van der Waals surface area contributed by atoms with Gasteiger partial charge in [0.2, 0.25) is 0 Å². The first kappa shape index (κ1) is 13.2. The predicted molar refractivity (Wildman–Crippen MR) is 73.5 cm³/mol. The Balaban J connectivity index is 2.04. The SMILES string of the molecule is CC1CC(N)CN(Cc2cc(Cl)cc(Cl)c2)C1. The van der Waals surface area contributed by atoms with Crippen LogP contribution in [0.1, 0.15) is 18.9 Å². The fourth-order valence-corrected chi connectivity index (χ4v) is 3.17. The van der Waals surface area contributed by atoms with E-state index >= 15 is 0 Å². The van der Waals surface area contributed by atoms with Gasteiger partial charge in [0.1, 0.15) is 0 Å². The summed E-state index contributed by atoms with van der Waals surface area (Å²) in [5, 5.41) is 1.39. The van der Waals surface area contributed by atoms with Crippen molar-refractivity contribution in [1.82, 2.24) is 4.90 Å². The van der Waals surface area contributed by atoms with Crippen molar-refractivity contribution < 1.29 is 0 Å². The lowest BCUT2D eigenvalue weighted by molar-refractivity contribution is 0.158. The molecular weight excluding hydrogens is 255 g/mol. The first-order valence-electron chi connectivity index (χ1n) is 5.96. The number of nitrogens with zero attached hydrogens (tertiary/aromatic N) is 1. The van der Waals surface area contributed by atoms with E-state index in [1.165, 1.54) is 0 Å². The van der Waals surface area contributed by atoms with E-state index in [9.17, 15) is 0 Å². The van der Waals surface area contributed by atoms with Gasteiger partial charge in [0.25, 0.3) is 0 Å². The second-order valence-electron chi connectivity index (χ2n) is 5.07. The third-order valence-electron chi connectivity index (χ3n) is 3.10. The van der Waals surface area contributed by atoms with Gasteiger partial charge >= 0.3 is 0 Å². The predicted octanol–water partition coefficient (Wildman–Crippen LogP) is 3.16. The lowest BCUT2D eigenvalue weighted by atomic mass is 9.96. The van der Waals surface area contributed by atoms with Gasteiger partial charge in [0.15, 0.2) is 0 Å². The number of benzene rings is 1. The molecule has 1 aromatic carbocycles. The number of rotatable bonds is 2. The van der Waals surface area contributed by atoms with Crippen LogP contribution in [-0.2, 0) is 6.54 Å². The average molecular weight is 273 g/mol. The van der Waals surface area contributed by atoms with E-state index in [1.54, 1.807) is 6.07 Å². The van der Waals surface area contributed by atoms with Crippen molar-refractivity contribution in [3.8, 4) is 0 Å². The van der Waals surface area contributed by atoms with Crippen molar-refractivity contribution in [3.63, 3.8) is 0 Å². The molecule has 1 aliphatic heterocycles. The van der Waals surface area contributed by atoms with Crippen molar-refractivity contribution >= 4 is 23.2 Å². The molecule has 0 aromatic heterocycles. The van der Waals surface area contributed by atoms with E-state index < -0.39 is 0 Å². The van der Waals surface area contributed by atoms with Crippen LogP contribution in [0, 0.1) is 5.92 Å². The number of halogens is 2. The van der Waals surface area contributed by atoms with E-state index in [4.69, 9.17) is 28.9 Å². The zero-order valence-corrected chi connectivity index (χ0v) is 11.5. The Morgan fingerprint density at radius 2 is 1.88 bits per heavy atom. The monoisotopic (exact) mass is 272 g/mol. The van der Waals surface area contributed by atoms with Gasteiger partial charge in [-0.3, -0.25) is 4.90 Å². The lowest BCUT2D eigenvalue weighted by Crippen LogP contribution is -2.45. The number of hydrogen-bond donors (Lipinski definition) is 1. The largest absolute Gasteiger partial charge is 0.327 e. The van der Waals surface area contributed by atoms with Crippen LogP contribution in [0.15, 0.2) is 18.2 Å². The van der Waals surface area contributed by atoms with E-state index in [0.29, 0.717) is 16.0 Å². The van der Waals surface area contributed by atoms with Crippen molar-refractivity contribution in [2.24, 2.45) is 11.7 Å². The van der Waals surface area contributed by atoms with Gasteiger partial charge in [-0.25, -0.2) is 0 Å². The summed E-state index contributed by atoms with van der Waals surface area (Å²) in [6.45, 7) is 5.17. The van der Waals surface area contributed by atoms with Gasteiger partial charge < -0.3 is 5.73 Å². The summed E-state index contributed by atoms with van der Waals surface area (Å²) >= 11 is 12.0. The fourth-order valence-electron chi connectivity index (χ4n) is 2.60. The van der Waals surface area contributed by atoms with Gasteiger partial charge in [0, 0.05) is 35.7 Å². The van der Waals surface area contributed by atoms with Crippen LogP contribution < -0.4 is 5.73 Å². The second-order valence-corrected chi connectivity index (χ2v) is 5.95. The average Bonchev–Trinajstić information content (AvgIpc) is 2.13. The molecule has 2 N–H and O–H groups in total. The Kier molecular flexibility index (Phi) is 4.31. The highest BCUT2D eigenvalue weighted by Gasteiger charge is 2.22. The third kappa shape index (κ3) is 3.85. The second kappa shape index (κ2) is 5.57. The van der Waals surface area contributed by atoms with E-state index in [-0.39, 0.29) is 6.04 Å². The molecule has 2 atom stereocenters. The summed E-state index contributed by atoms with van der Waals surface area (Å²) in [5.74, 6) is 0.661. The van der Waals surface area contributed by atoms with Crippen LogP contribution in [-0.4, -0.2) is 24.0 Å². The number of nitrogens with two attached hydrogens (primary N) is 1. The molecule has 0 saturated carbocycles. The molecule has 17 heavy (non-hydrogen) atoms. The summed E-state index contributed by atoms with van der Waals surface area (Å²) in [4.78, 5) is 2.38. The molecule has 4 heteroatoms. The smallest absolute Gasteiger partial charge is 0.0424 e. The molecule has 1 aromatic rings. The van der Waals surface area contributed by atoms with Crippen LogP contribution in [0.3, 0.4) is 0 Å². The van der Waals surface area contributed by atoms with Crippen LogP contribution in [0.4, 0.5) is 0 Å². The zero-order chi connectivity index (χ0) is 12.4. The number of hydrogen-bond acceptors (Lipinski definition) is 2. The molecule has 94 valence electrons. The third-order valence-corrected chi connectivity index (χ3v) is 3.53. The van der Waals surface area contributed by atoms with E-state index in [0.717, 1.165) is 31.6 Å². The number of likely N-dealkylation sites (tertiary alicyclic amines) is 1. The molecule has 1 aliphatic rings. The Morgan fingerprint density at radius 3 is 2.47 bits per heavy atom. The summed E-state index contributed by atoms with van der Waals surface area (Å²) in [6.07, 6.45) is 1.12. The Bertz CT molecular complexity index is 365. The quantitative estimate of drug-likeness (QED) is 0.896.